The summed E-state index contributed by atoms with van der Waals surface area (Å²) >= 11 is 0. The molecule has 2 heterocycles. The Kier molecular flexibility index (Phi) is 6.79. The van der Waals surface area contributed by atoms with E-state index in [1.807, 2.05) is 25.7 Å². The van der Waals surface area contributed by atoms with Gasteiger partial charge in [0.25, 0.3) is 0 Å². The van der Waals surface area contributed by atoms with Crippen LogP contribution in [-0.2, 0) is 9.59 Å². The predicted molar refractivity (Wildman–Crippen MR) is 107 cm³/mol. The molecule has 0 radical (unpaired) electrons. The number of fused-ring (bicyclic) bond motifs is 1. The van der Waals surface area contributed by atoms with Gasteiger partial charge in [0, 0.05) is 37.8 Å². The van der Waals surface area contributed by atoms with Crippen molar-refractivity contribution in [3.8, 4) is 0 Å². The lowest BCUT2D eigenvalue weighted by Gasteiger charge is -2.44. The largest absolute Gasteiger partial charge is 0.350 e. The molecule has 1 aliphatic carbocycles. The van der Waals surface area contributed by atoms with E-state index in [2.05, 4.69) is 15.1 Å². The van der Waals surface area contributed by atoms with Gasteiger partial charge in [-0.3, -0.25) is 19.4 Å². The molecule has 3 fully saturated rings. The molecule has 0 aromatic heterocycles. The Labute approximate surface area is 164 Å². The molecule has 0 aromatic carbocycles. The van der Waals surface area contributed by atoms with Crippen LogP contribution in [0.3, 0.4) is 0 Å². The summed E-state index contributed by atoms with van der Waals surface area (Å²) in [6, 6.07) is 0.638. The standard InChI is InChI=1S/C21H38N4O2/c1-21(2,3)22-19(26)15-23-11-13-24(14-12-23)20(27)16-25-10-6-8-17-7-4-5-9-18(17)25/h17-18H,4-16H2,1-3H3,(H,22,26). The number of amides is 2. The fraction of sp³-hybridized carbons (Fsp3) is 0.905. The van der Waals surface area contributed by atoms with Gasteiger partial charge in [0.1, 0.15) is 0 Å². The van der Waals surface area contributed by atoms with Crippen LogP contribution in [-0.4, -0.2) is 83.9 Å². The fourth-order valence-corrected chi connectivity index (χ4v) is 5.01. The van der Waals surface area contributed by atoms with Crippen molar-refractivity contribution in [2.75, 3.05) is 45.8 Å². The molecule has 1 saturated carbocycles. The zero-order valence-corrected chi connectivity index (χ0v) is 17.5. The highest BCUT2D eigenvalue weighted by Gasteiger charge is 2.35. The monoisotopic (exact) mass is 378 g/mol. The van der Waals surface area contributed by atoms with Gasteiger partial charge in [0.05, 0.1) is 13.1 Å². The molecule has 2 amide bonds. The van der Waals surface area contributed by atoms with Gasteiger partial charge in [-0.1, -0.05) is 12.8 Å². The van der Waals surface area contributed by atoms with Crippen LogP contribution in [0.25, 0.3) is 0 Å². The summed E-state index contributed by atoms with van der Waals surface area (Å²) in [6.07, 6.45) is 7.91. The maximum atomic E-state index is 12.8. The zero-order chi connectivity index (χ0) is 19.4. The first-order chi connectivity index (χ1) is 12.8. The summed E-state index contributed by atoms with van der Waals surface area (Å²) in [4.78, 5) is 31.6. The van der Waals surface area contributed by atoms with E-state index >= 15 is 0 Å². The van der Waals surface area contributed by atoms with E-state index in [0.717, 1.165) is 38.6 Å². The third-order valence-electron chi connectivity index (χ3n) is 6.30. The molecule has 2 aliphatic heterocycles. The Morgan fingerprint density at radius 3 is 2.26 bits per heavy atom. The molecule has 6 nitrogen and oxygen atoms in total. The normalized spacial score (nSPS) is 27.9. The van der Waals surface area contributed by atoms with Gasteiger partial charge in [-0.2, -0.15) is 0 Å². The number of nitrogens with zero attached hydrogens (tertiary/aromatic N) is 3. The summed E-state index contributed by atoms with van der Waals surface area (Å²) in [7, 11) is 0. The molecular formula is C21H38N4O2. The van der Waals surface area contributed by atoms with E-state index in [1.165, 1.54) is 38.5 Å². The maximum absolute atomic E-state index is 12.8. The lowest BCUT2D eigenvalue weighted by Crippen LogP contribution is -2.56. The van der Waals surface area contributed by atoms with Gasteiger partial charge in [-0.15, -0.1) is 0 Å². The fourth-order valence-electron chi connectivity index (χ4n) is 5.01. The number of piperidine rings is 1. The number of piperazine rings is 1. The van der Waals surface area contributed by atoms with Crippen LogP contribution >= 0.6 is 0 Å². The number of nitrogens with one attached hydrogen (secondary N) is 1. The number of likely N-dealkylation sites (tertiary alicyclic amines) is 1. The average molecular weight is 379 g/mol. The van der Waals surface area contributed by atoms with Crippen molar-refractivity contribution >= 4 is 11.8 Å². The predicted octanol–water partition coefficient (Wildman–Crippen LogP) is 1.70. The second-order valence-electron chi connectivity index (χ2n) is 9.68. The van der Waals surface area contributed by atoms with Crippen molar-refractivity contribution in [3.63, 3.8) is 0 Å². The highest BCUT2D eigenvalue weighted by molar-refractivity contribution is 5.79. The van der Waals surface area contributed by atoms with Gasteiger partial charge in [-0.05, 0) is 58.9 Å². The molecule has 27 heavy (non-hydrogen) atoms. The Hall–Kier alpha value is -1.14. The zero-order valence-electron chi connectivity index (χ0n) is 17.5. The van der Waals surface area contributed by atoms with Crippen LogP contribution in [0.1, 0.15) is 59.3 Å². The van der Waals surface area contributed by atoms with Crippen LogP contribution < -0.4 is 5.32 Å². The summed E-state index contributed by atoms with van der Waals surface area (Å²) in [5, 5.41) is 3.01. The molecule has 0 aromatic rings. The second-order valence-corrected chi connectivity index (χ2v) is 9.68. The van der Waals surface area contributed by atoms with Crippen LogP contribution in [0.2, 0.25) is 0 Å². The Bertz CT molecular complexity index is 521. The second kappa shape index (κ2) is 8.91. The van der Waals surface area contributed by atoms with E-state index in [9.17, 15) is 9.59 Å². The molecule has 3 rings (SSSR count). The van der Waals surface area contributed by atoms with Crippen molar-refractivity contribution in [2.24, 2.45) is 5.92 Å². The van der Waals surface area contributed by atoms with Gasteiger partial charge in [-0.25, -0.2) is 0 Å². The van der Waals surface area contributed by atoms with Crippen molar-refractivity contribution < 1.29 is 9.59 Å². The molecule has 0 bridgehead atoms. The lowest BCUT2D eigenvalue weighted by atomic mass is 9.78. The van der Waals surface area contributed by atoms with Gasteiger partial charge >= 0.3 is 0 Å². The summed E-state index contributed by atoms with van der Waals surface area (Å²) in [5.41, 5.74) is -0.194. The van der Waals surface area contributed by atoms with Crippen molar-refractivity contribution in [3.05, 3.63) is 0 Å². The highest BCUT2D eigenvalue weighted by atomic mass is 16.2. The molecule has 2 unspecified atom stereocenters. The third kappa shape index (κ3) is 5.92. The summed E-state index contributed by atoms with van der Waals surface area (Å²) < 4.78 is 0. The molecule has 2 atom stereocenters. The van der Waals surface area contributed by atoms with Crippen LogP contribution in [0.15, 0.2) is 0 Å². The van der Waals surface area contributed by atoms with Crippen LogP contribution in [0.4, 0.5) is 0 Å². The number of hydrogen-bond acceptors (Lipinski definition) is 4. The van der Waals surface area contributed by atoms with Crippen molar-refractivity contribution in [2.45, 2.75) is 70.9 Å². The Morgan fingerprint density at radius 2 is 1.56 bits per heavy atom. The number of hydrogen-bond donors (Lipinski definition) is 1. The summed E-state index contributed by atoms with van der Waals surface area (Å²) in [6.45, 7) is 11.1. The van der Waals surface area contributed by atoms with Crippen LogP contribution in [0.5, 0.6) is 0 Å². The summed E-state index contributed by atoms with van der Waals surface area (Å²) in [5.74, 6) is 1.16. The quantitative estimate of drug-likeness (QED) is 0.809. The number of carbonyl (C=O) groups is 2. The molecule has 154 valence electrons. The van der Waals surface area contributed by atoms with Gasteiger partial charge < -0.3 is 10.2 Å². The van der Waals surface area contributed by atoms with Gasteiger partial charge in [0.2, 0.25) is 11.8 Å². The number of rotatable bonds is 4. The van der Waals surface area contributed by atoms with Crippen molar-refractivity contribution in [1.82, 2.24) is 20.0 Å². The smallest absolute Gasteiger partial charge is 0.236 e. The molecule has 0 spiro atoms. The minimum atomic E-state index is -0.194. The maximum Gasteiger partial charge on any atom is 0.236 e. The third-order valence-corrected chi connectivity index (χ3v) is 6.30. The highest BCUT2D eigenvalue weighted by Crippen LogP contribution is 2.35. The Morgan fingerprint density at radius 1 is 0.889 bits per heavy atom. The van der Waals surface area contributed by atoms with E-state index in [4.69, 9.17) is 0 Å². The van der Waals surface area contributed by atoms with E-state index in [1.54, 1.807) is 0 Å². The first-order valence-corrected chi connectivity index (χ1v) is 10.9. The SMILES string of the molecule is CC(C)(C)NC(=O)CN1CCN(C(=O)CN2CCCC3CCCCC32)CC1. The van der Waals surface area contributed by atoms with E-state index < -0.39 is 0 Å². The van der Waals surface area contributed by atoms with Crippen molar-refractivity contribution in [1.29, 1.82) is 0 Å². The van der Waals surface area contributed by atoms with E-state index in [0.29, 0.717) is 19.1 Å². The molecule has 2 saturated heterocycles. The van der Waals surface area contributed by atoms with Gasteiger partial charge in [0.15, 0.2) is 0 Å². The lowest BCUT2D eigenvalue weighted by molar-refractivity contribution is -0.136. The Balaban J connectivity index is 1.42. The first-order valence-electron chi connectivity index (χ1n) is 10.9. The molecular weight excluding hydrogens is 340 g/mol. The topological polar surface area (TPSA) is 55.9 Å². The molecule has 3 aliphatic rings. The minimum absolute atomic E-state index is 0.0685. The molecule has 6 heteroatoms. The number of carbonyl (C=O) groups excluding carboxylic acids is 2. The average Bonchev–Trinajstić information content (AvgIpc) is 2.61. The van der Waals surface area contributed by atoms with Crippen LogP contribution in [0, 0.1) is 5.92 Å². The van der Waals surface area contributed by atoms with E-state index in [-0.39, 0.29) is 17.4 Å². The first kappa shape index (κ1) is 20.6. The molecule has 1 N–H and O–H groups in total. The minimum Gasteiger partial charge on any atom is -0.350 e.